The predicted molar refractivity (Wildman–Crippen MR) is 101 cm³/mol. The third-order valence-electron chi connectivity index (χ3n) is 4.64. The van der Waals surface area contributed by atoms with Crippen molar-refractivity contribution in [3.63, 3.8) is 0 Å². The Bertz CT molecular complexity index is 1020. The number of halogens is 4. The summed E-state index contributed by atoms with van der Waals surface area (Å²) in [6.07, 6.45) is 0.818. The molecule has 1 aromatic carbocycles. The Morgan fingerprint density at radius 2 is 1.63 bits per heavy atom. The summed E-state index contributed by atoms with van der Waals surface area (Å²) in [5, 5.41) is 11.5. The molecule has 3 rings (SSSR count). The van der Waals surface area contributed by atoms with E-state index in [-0.39, 0.29) is 11.3 Å². The van der Waals surface area contributed by atoms with Gasteiger partial charge in [-0.2, -0.15) is 0 Å². The van der Waals surface area contributed by atoms with Crippen LogP contribution in [0.15, 0.2) is 55.1 Å². The van der Waals surface area contributed by atoms with Crippen LogP contribution in [0.1, 0.15) is 32.2 Å². The van der Waals surface area contributed by atoms with E-state index >= 15 is 0 Å². The molecule has 1 N–H and O–H groups in total. The first kappa shape index (κ1) is 21.6. The Labute approximate surface area is 170 Å². The molecule has 0 bridgehead atoms. The molecule has 30 heavy (non-hydrogen) atoms. The van der Waals surface area contributed by atoms with E-state index < -0.39 is 28.9 Å². The predicted octanol–water partition coefficient (Wildman–Crippen LogP) is 4.86. The van der Waals surface area contributed by atoms with Crippen molar-refractivity contribution >= 4 is 0 Å². The average Bonchev–Trinajstić information content (AvgIpc) is 2.66. The second-order valence-electron chi connectivity index (χ2n) is 7.67. The zero-order valence-electron chi connectivity index (χ0n) is 16.4. The lowest BCUT2D eigenvalue weighted by molar-refractivity contribution is -0.274. The minimum absolute atomic E-state index is 0.0439. The smallest absolute Gasteiger partial charge is 0.406 e. The lowest BCUT2D eigenvalue weighted by Crippen LogP contribution is -2.42. The van der Waals surface area contributed by atoms with Crippen molar-refractivity contribution in [2.45, 2.75) is 32.7 Å². The third-order valence-corrected chi connectivity index (χ3v) is 4.64. The van der Waals surface area contributed by atoms with Gasteiger partial charge in [0.2, 0.25) is 0 Å². The van der Waals surface area contributed by atoms with Crippen LogP contribution in [0.5, 0.6) is 5.75 Å². The first-order valence-electron chi connectivity index (χ1n) is 8.93. The van der Waals surface area contributed by atoms with Gasteiger partial charge in [-0.15, -0.1) is 13.2 Å². The fraction of sp³-hybridized carbons (Fsp3) is 0.286. The molecule has 0 amide bonds. The molecule has 0 fully saturated rings. The van der Waals surface area contributed by atoms with E-state index in [1.807, 2.05) is 20.8 Å². The van der Waals surface area contributed by atoms with Crippen molar-refractivity contribution in [3.05, 3.63) is 72.3 Å². The van der Waals surface area contributed by atoms with Crippen molar-refractivity contribution in [2.75, 3.05) is 0 Å². The highest BCUT2D eigenvalue weighted by Gasteiger charge is 2.46. The average molecular weight is 421 g/mol. The number of benzene rings is 1. The second-order valence-corrected chi connectivity index (χ2v) is 7.67. The normalized spacial score (nSPS) is 14.3. The second kappa shape index (κ2) is 7.64. The molecule has 5 nitrogen and oxygen atoms in total. The van der Waals surface area contributed by atoms with Gasteiger partial charge in [0.15, 0.2) is 5.60 Å². The highest BCUT2D eigenvalue weighted by molar-refractivity contribution is 5.64. The van der Waals surface area contributed by atoms with Gasteiger partial charge in [-0.05, 0) is 18.2 Å². The van der Waals surface area contributed by atoms with Gasteiger partial charge in [-0.25, -0.2) is 4.39 Å². The third kappa shape index (κ3) is 4.25. The summed E-state index contributed by atoms with van der Waals surface area (Å²) in [4.78, 5) is 12.5. The first-order valence-corrected chi connectivity index (χ1v) is 8.93. The fourth-order valence-corrected chi connectivity index (χ4v) is 3.08. The molecule has 0 aliphatic heterocycles. The van der Waals surface area contributed by atoms with Gasteiger partial charge in [0, 0.05) is 41.2 Å². The maximum Gasteiger partial charge on any atom is 0.573 e. The lowest BCUT2D eigenvalue weighted by atomic mass is 9.72. The van der Waals surface area contributed by atoms with Crippen LogP contribution in [0.25, 0.3) is 11.1 Å². The van der Waals surface area contributed by atoms with Crippen LogP contribution < -0.4 is 4.74 Å². The van der Waals surface area contributed by atoms with Crippen molar-refractivity contribution < 1.29 is 27.4 Å². The zero-order chi connectivity index (χ0) is 22.2. The largest absolute Gasteiger partial charge is 0.573 e. The Hall–Kier alpha value is -3.07. The number of pyridine rings is 1. The molecule has 0 saturated heterocycles. The Kier molecular flexibility index (Phi) is 5.51. The Balaban J connectivity index is 1.98. The topological polar surface area (TPSA) is 68.1 Å². The molecule has 3 aromatic rings. The van der Waals surface area contributed by atoms with Crippen LogP contribution in [-0.4, -0.2) is 26.4 Å². The molecule has 0 saturated carbocycles. The molecule has 158 valence electrons. The van der Waals surface area contributed by atoms with E-state index in [2.05, 4.69) is 19.7 Å². The summed E-state index contributed by atoms with van der Waals surface area (Å²) in [6.45, 7) is 5.45. The van der Waals surface area contributed by atoms with Crippen LogP contribution >= 0.6 is 0 Å². The van der Waals surface area contributed by atoms with Gasteiger partial charge in [-0.3, -0.25) is 15.0 Å². The first-order chi connectivity index (χ1) is 13.9. The van der Waals surface area contributed by atoms with E-state index in [0.717, 1.165) is 6.07 Å². The number of rotatable bonds is 4. The van der Waals surface area contributed by atoms with Crippen molar-refractivity contribution in [2.24, 2.45) is 5.41 Å². The maximum absolute atomic E-state index is 14.4. The summed E-state index contributed by atoms with van der Waals surface area (Å²) in [7, 11) is 0. The van der Waals surface area contributed by atoms with Crippen LogP contribution in [0, 0.1) is 11.2 Å². The van der Waals surface area contributed by atoms with Crippen LogP contribution in [-0.2, 0) is 5.60 Å². The molecular weight excluding hydrogens is 402 g/mol. The van der Waals surface area contributed by atoms with E-state index in [4.69, 9.17) is 0 Å². The summed E-state index contributed by atoms with van der Waals surface area (Å²) in [5.74, 6) is -1.55. The summed E-state index contributed by atoms with van der Waals surface area (Å²) < 4.78 is 55.0. The number of hydrogen-bond donors (Lipinski definition) is 1. The number of aliphatic hydroxyl groups is 1. The van der Waals surface area contributed by atoms with Crippen molar-refractivity contribution in [3.8, 4) is 16.9 Å². The number of alkyl halides is 3. The number of nitrogens with zero attached hydrogens (tertiary/aromatic N) is 3. The molecule has 9 heteroatoms. The van der Waals surface area contributed by atoms with Gasteiger partial charge in [0.05, 0.1) is 17.6 Å². The number of ether oxygens (including phenoxy) is 1. The summed E-state index contributed by atoms with van der Waals surface area (Å²) in [6, 6.07) is 5.89. The maximum atomic E-state index is 14.4. The number of aromatic nitrogens is 3. The molecule has 0 radical (unpaired) electrons. The highest BCUT2D eigenvalue weighted by atomic mass is 19.4. The van der Waals surface area contributed by atoms with Gasteiger partial charge in [0.1, 0.15) is 11.6 Å². The standard InChI is InChI=1S/C21H19F4N3O2/c1-19(2,3)20(29,18-12-26-8-9-27-18)17-7-4-13(11-28-17)15-6-5-14(10-16(15)22)30-21(23,24)25/h4-12,29H,1-3H3. The van der Waals surface area contributed by atoms with Crippen LogP contribution in [0.3, 0.4) is 0 Å². The molecule has 0 aliphatic carbocycles. The summed E-state index contributed by atoms with van der Waals surface area (Å²) >= 11 is 0. The molecule has 2 heterocycles. The van der Waals surface area contributed by atoms with Crippen LogP contribution in [0.2, 0.25) is 0 Å². The molecule has 0 spiro atoms. The van der Waals surface area contributed by atoms with Gasteiger partial charge >= 0.3 is 6.36 Å². The van der Waals surface area contributed by atoms with Crippen molar-refractivity contribution in [1.29, 1.82) is 0 Å². The minimum Gasteiger partial charge on any atom is -0.406 e. The molecule has 0 aliphatic rings. The monoisotopic (exact) mass is 421 g/mol. The van der Waals surface area contributed by atoms with Gasteiger partial charge in [0.25, 0.3) is 0 Å². The minimum atomic E-state index is -4.91. The van der Waals surface area contributed by atoms with E-state index in [0.29, 0.717) is 17.3 Å². The van der Waals surface area contributed by atoms with Crippen molar-refractivity contribution in [1.82, 2.24) is 15.0 Å². The molecule has 2 aromatic heterocycles. The molecule has 1 atom stereocenters. The number of hydrogen-bond acceptors (Lipinski definition) is 5. The summed E-state index contributed by atoms with van der Waals surface area (Å²) in [5.41, 5.74) is -1.34. The molecule has 1 unspecified atom stereocenters. The zero-order valence-corrected chi connectivity index (χ0v) is 16.4. The molecular formula is C21H19F4N3O2. The SMILES string of the molecule is CC(C)(C)C(O)(c1ccc(-c2ccc(OC(F)(F)F)cc2F)cn1)c1cnccn1. The van der Waals surface area contributed by atoms with E-state index in [9.17, 15) is 22.7 Å². The van der Waals surface area contributed by atoms with Gasteiger partial charge in [-0.1, -0.05) is 26.8 Å². The van der Waals surface area contributed by atoms with E-state index in [1.54, 1.807) is 0 Å². The quantitative estimate of drug-likeness (QED) is 0.610. The van der Waals surface area contributed by atoms with Gasteiger partial charge < -0.3 is 9.84 Å². The lowest BCUT2D eigenvalue weighted by Gasteiger charge is -2.39. The highest BCUT2D eigenvalue weighted by Crippen LogP contribution is 2.43. The Morgan fingerprint density at radius 1 is 0.900 bits per heavy atom. The fourth-order valence-electron chi connectivity index (χ4n) is 3.08. The van der Waals surface area contributed by atoms with E-state index in [1.165, 1.54) is 43.0 Å². The van der Waals surface area contributed by atoms with Crippen LogP contribution in [0.4, 0.5) is 17.6 Å². The Morgan fingerprint density at radius 3 is 2.13 bits per heavy atom.